The molecule has 0 unspecified atom stereocenters. The van der Waals surface area contributed by atoms with Crippen molar-refractivity contribution in [2.24, 2.45) is 0 Å². The fraction of sp³-hybridized carbons (Fsp3) is 0.176. The van der Waals surface area contributed by atoms with Crippen molar-refractivity contribution in [3.8, 4) is 5.75 Å². The number of fused-ring (bicyclic) bond motifs is 1. The lowest BCUT2D eigenvalue weighted by Gasteiger charge is -2.13. The molecule has 0 aliphatic heterocycles. The molecule has 0 atom stereocenters. The quantitative estimate of drug-likeness (QED) is 0.740. The number of para-hydroxylation sites is 1. The maximum atomic E-state index is 12.4. The first-order valence-electron chi connectivity index (χ1n) is 6.92. The van der Waals surface area contributed by atoms with Crippen molar-refractivity contribution in [1.82, 2.24) is 4.98 Å². The molecule has 22 heavy (non-hydrogen) atoms. The highest BCUT2D eigenvalue weighted by Crippen LogP contribution is 2.28. The molecule has 1 aromatic heterocycles. The second-order valence-corrected chi connectivity index (χ2v) is 5.95. The van der Waals surface area contributed by atoms with Crippen molar-refractivity contribution in [3.63, 3.8) is 0 Å². The van der Waals surface area contributed by atoms with Crippen LogP contribution in [0.15, 0.2) is 48.5 Å². The van der Waals surface area contributed by atoms with E-state index in [1.165, 1.54) is 11.3 Å². The molecule has 0 fully saturated rings. The average Bonchev–Trinajstić information content (AvgIpc) is 2.98. The third-order valence-electron chi connectivity index (χ3n) is 3.46. The molecule has 0 saturated heterocycles. The zero-order chi connectivity index (χ0) is 15.5. The molecule has 5 heteroatoms. The molecule has 1 heterocycles. The number of aromatic nitrogens is 1. The van der Waals surface area contributed by atoms with Gasteiger partial charge < -0.3 is 4.74 Å². The molecule has 112 valence electrons. The van der Waals surface area contributed by atoms with Gasteiger partial charge in [0.2, 0.25) is 5.91 Å². The highest BCUT2D eigenvalue weighted by atomic mass is 32.1. The van der Waals surface area contributed by atoms with Gasteiger partial charge in [-0.15, -0.1) is 0 Å². The molecular formula is C17H16N2O2S. The van der Waals surface area contributed by atoms with Gasteiger partial charge in [0, 0.05) is 7.05 Å². The molecule has 0 radical (unpaired) electrons. The van der Waals surface area contributed by atoms with E-state index in [1.54, 1.807) is 19.1 Å². The van der Waals surface area contributed by atoms with Crippen LogP contribution in [0.4, 0.5) is 5.13 Å². The molecule has 0 saturated carbocycles. The van der Waals surface area contributed by atoms with Gasteiger partial charge in [0.25, 0.3) is 0 Å². The monoisotopic (exact) mass is 312 g/mol. The normalized spacial score (nSPS) is 10.6. The number of ether oxygens (including phenoxy) is 1. The number of carbonyl (C=O) groups is 1. The van der Waals surface area contributed by atoms with E-state index in [0.29, 0.717) is 6.42 Å². The van der Waals surface area contributed by atoms with Crippen molar-refractivity contribution in [1.29, 1.82) is 0 Å². The van der Waals surface area contributed by atoms with E-state index in [2.05, 4.69) is 4.98 Å². The standard InChI is InChI=1S/C17H16N2O2S/c1-19(17-18-14-5-3-4-6-15(14)22-17)16(20)11-12-7-9-13(21-2)10-8-12/h3-10H,11H2,1-2H3. The van der Waals surface area contributed by atoms with Crippen LogP contribution < -0.4 is 9.64 Å². The summed E-state index contributed by atoms with van der Waals surface area (Å²) in [5.74, 6) is 0.806. The van der Waals surface area contributed by atoms with Crippen LogP contribution in [0.1, 0.15) is 5.56 Å². The number of nitrogens with zero attached hydrogens (tertiary/aromatic N) is 2. The van der Waals surface area contributed by atoms with Crippen molar-refractivity contribution < 1.29 is 9.53 Å². The van der Waals surface area contributed by atoms with E-state index in [-0.39, 0.29) is 5.91 Å². The lowest BCUT2D eigenvalue weighted by atomic mass is 10.1. The Labute approximate surface area is 133 Å². The number of methoxy groups -OCH3 is 1. The number of thiazole rings is 1. The summed E-state index contributed by atoms with van der Waals surface area (Å²) in [6.07, 6.45) is 0.344. The summed E-state index contributed by atoms with van der Waals surface area (Å²) in [4.78, 5) is 18.5. The first-order chi connectivity index (χ1) is 10.7. The third-order valence-corrected chi connectivity index (χ3v) is 4.57. The van der Waals surface area contributed by atoms with Gasteiger partial charge in [-0.25, -0.2) is 4.98 Å². The van der Waals surface area contributed by atoms with Crippen molar-refractivity contribution in [2.45, 2.75) is 6.42 Å². The average molecular weight is 312 g/mol. The number of likely N-dealkylation sites (N-methyl/N-ethyl adjacent to an activating group) is 1. The minimum absolute atomic E-state index is 0.0178. The predicted octanol–water partition coefficient (Wildman–Crippen LogP) is 3.51. The smallest absolute Gasteiger partial charge is 0.232 e. The van der Waals surface area contributed by atoms with Gasteiger partial charge in [0.1, 0.15) is 5.75 Å². The summed E-state index contributed by atoms with van der Waals surface area (Å²) in [5.41, 5.74) is 1.88. The van der Waals surface area contributed by atoms with Crippen LogP contribution in [-0.4, -0.2) is 25.0 Å². The summed E-state index contributed by atoms with van der Waals surface area (Å²) in [5, 5.41) is 0.722. The highest BCUT2D eigenvalue weighted by molar-refractivity contribution is 7.22. The Bertz CT molecular complexity index is 763. The summed E-state index contributed by atoms with van der Waals surface area (Å²) >= 11 is 1.52. The van der Waals surface area contributed by atoms with Gasteiger partial charge in [0.15, 0.2) is 5.13 Å². The number of anilines is 1. The molecule has 0 aliphatic carbocycles. The summed E-state index contributed by atoms with van der Waals surface area (Å²) < 4.78 is 6.21. The second-order valence-electron chi connectivity index (χ2n) is 4.94. The third kappa shape index (κ3) is 2.94. The Kier molecular flexibility index (Phi) is 4.06. The van der Waals surface area contributed by atoms with E-state index < -0.39 is 0 Å². The maximum Gasteiger partial charge on any atom is 0.232 e. The van der Waals surface area contributed by atoms with E-state index in [0.717, 1.165) is 26.7 Å². The Morgan fingerprint density at radius 1 is 1.18 bits per heavy atom. The molecule has 1 amide bonds. The van der Waals surface area contributed by atoms with Gasteiger partial charge in [-0.1, -0.05) is 35.6 Å². The van der Waals surface area contributed by atoms with Crippen LogP contribution >= 0.6 is 11.3 Å². The fourth-order valence-corrected chi connectivity index (χ4v) is 3.09. The molecule has 2 aromatic carbocycles. The SMILES string of the molecule is COc1ccc(CC(=O)N(C)c2nc3ccccc3s2)cc1. The van der Waals surface area contributed by atoms with Crippen LogP contribution in [0.2, 0.25) is 0 Å². The molecule has 0 bridgehead atoms. The van der Waals surface area contributed by atoms with Crippen LogP contribution in [0.25, 0.3) is 10.2 Å². The number of benzene rings is 2. The van der Waals surface area contributed by atoms with Crippen LogP contribution in [0, 0.1) is 0 Å². The Morgan fingerprint density at radius 2 is 1.91 bits per heavy atom. The van der Waals surface area contributed by atoms with Gasteiger partial charge in [0.05, 0.1) is 23.7 Å². The molecule has 3 rings (SSSR count). The maximum absolute atomic E-state index is 12.4. The number of amides is 1. The lowest BCUT2D eigenvalue weighted by Crippen LogP contribution is -2.27. The van der Waals surface area contributed by atoms with Gasteiger partial charge in [-0.2, -0.15) is 0 Å². The topological polar surface area (TPSA) is 42.4 Å². The Hall–Kier alpha value is -2.40. The van der Waals surface area contributed by atoms with E-state index in [9.17, 15) is 4.79 Å². The highest BCUT2D eigenvalue weighted by Gasteiger charge is 2.15. The molecular weight excluding hydrogens is 296 g/mol. The van der Waals surface area contributed by atoms with E-state index >= 15 is 0 Å². The van der Waals surface area contributed by atoms with Crippen molar-refractivity contribution in [2.75, 3.05) is 19.1 Å². The first-order valence-corrected chi connectivity index (χ1v) is 7.74. The summed E-state index contributed by atoms with van der Waals surface area (Å²) in [6.45, 7) is 0. The van der Waals surface area contributed by atoms with Gasteiger partial charge in [-0.05, 0) is 29.8 Å². The number of hydrogen-bond acceptors (Lipinski definition) is 4. The van der Waals surface area contributed by atoms with E-state index in [4.69, 9.17) is 4.74 Å². The van der Waals surface area contributed by atoms with Crippen LogP contribution in [0.3, 0.4) is 0 Å². The zero-order valence-electron chi connectivity index (χ0n) is 12.4. The first kappa shape index (κ1) is 14.5. The second kappa shape index (κ2) is 6.15. The minimum Gasteiger partial charge on any atom is -0.497 e. The molecule has 0 aliphatic rings. The van der Waals surface area contributed by atoms with Crippen LogP contribution in [-0.2, 0) is 11.2 Å². The summed E-state index contributed by atoms with van der Waals surface area (Å²) in [7, 11) is 3.39. The summed E-state index contributed by atoms with van der Waals surface area (Å²) in [6, 6.07) is 15.4. The molecule has 0 spiro atoms. The van der Waals surface area contributed by atoms with Crippen LogP contribution in [0.5, 0.6) is 5.75 Å². The van der Waals surface area contributed by atoms with Gasteiger partial charge in [-0.3, -0.25) is 9.69 Å². The number of hydrogen-bond donors (Lipinski definition) is 0. The Balaban J connectivity index is 1.75. The molecule has 0 N–H and O–H groups in total. The molecule has 4 nitrogen and oxygen atoms in total. The van der Waals surface area contributed by atoms with Crippen molar-refractivity contribution >= 4 is 32.6 Å². The fourth-order valence-electron chi connectivity index (χ4n) is 2.15. The molecule has 3 aromatic rings. The number of carbonyl (C=O) groups excluding carboxylic acids is 1. The predicted molar refractivity (Wildman–Crippen MR) is 89.7 cm³/mol. The Morgan fingerprint density at radius 3 is 2.59 bits per heavy atom. The van der Waals surface area contributed by atoms with Gasteiger partial charge >= 0.3 is 0 Å². The largest absolute Gasteiger partial charge is 0.497 e. The van der Waals surface area contributed by atoms with Crippen molar-refractivity contribution in [3.05, 3.63) is 54.1 Å². The number of rotatable bonds is 4. The van der Waals surface area contributed by atoms with E-state index in [1.807, 2.05) is 48.5 Å². The zero-order valence-corrected chi connectivity index (χ0v) is 13.3. The lowest BCUT2D eigenvalue weighted by molar-refractivity contribution is -0.117. The minimum atomic E-state index is 0.0178.